The van der Waals surface area contributed by atoms with Gasteiger partial charge in [0.1, 0.15) is 56.2 Å². The van der Waals surface area contributed by atoms with E-state index in [1.807, 2.05) is 0 Å². The summed E-state index contributed by atoms with van der Waals surface area (Å²) >= 11 is 0. The fourth-order valence-corrected chi connectivity index (χ4v) is 10.4. The van der Waals surface area contributed by atoms with Crippen LogP contribution in [0.2, 0.25) is 0 Å². The summed E-state index contributed by atoms with van der Waals surface area (Å²) in [5.74, 6) is 0.919. The Morgan fingerprint density at radius 2 is 1.00 bits per heavy atom. The molecule has 63 heavy (non-hydrogen) atoms. The Hall–Kier alpha value is -7.43. The summed E-state index contributed by atoms with van der Waals surface area (Å²) in [5.41, 5.74) is 20.1. The van der Waals surface area contributed by atoms with Crippen LogP contribution in [0.25, 0.3) is 116 Å². The predicted molar refractivity (Wildman–Crippen MR) is 284 cm³/mol. The van der Waals surface area contributed by atoms with Gasteiger partial charge in [-0.15, -0.1) is 16.4 Å². The second-order valence-electron chi connectivity index (χ2n) is 17.2. The molecule has 0 radical (unpaired) electrons. The van der Waals surface area contributed by atoms with E-state index in [-0.39, 0.29) is 0 Å². The number of fused-ring (bicyclic) bond motifs is 7. The van der Waals surface area contributed by atoms with E-state index < -0.39 is 0 Å². The van der Waals surface area contributed by atoms with E-state index in [0.717, 1.165) is 55.6 Å². The van der Waals surface area contributed by atoms with Crippen LogP contribution in [-0.2, 0) is 0 Å². The van der Waals surface area contributed by atoms with Crippen LogP contribution in [0.1, 0.15) is 0 Å². The summed E-state index contributed by atoms with van der Waals surface area (Å²) in [4.78, 5) is 5.25. The molecule has 0 N–H and O–H groups in total. The van der Waals surface area contributed by atoms with Crippen molar-refractivity contribution in [1.82, 2.24) is 9.55 Å². The van der Waals surface area contributed by atoms with Gasteiger partial charge in [-0.05, 0) is 108 Å². The molecule has 8 heteroatoms. The topological polar surface area (TPSA) is 31.0 Å². The number of aromatic nitrogens is 2. The lowest BCUT2D eigenvalue weighted by Crippen LogP contribution is -2.55. The van der Waals surface area contributed by atoms with Gasteiger partial charge in [0.2, 0.25) is 0 Å². The molecule has 0 saturated heterocycles. The van der Waals surface area contributed by atoms with Crippen LogP contribution in [0, 0.1) is 0 Å². The number of imidazole rings is 1. The van der Waals surface area contributed by atoms with E-state index in [1.54, 1.807) is 0 Å². The number of nitrogens with zero attached hydrogens (tertiary/aromatic N) is 2. The highest BCUT2D eigenvalue weighted by molar-refractivity contribution is 6.68. The monoisotopic (exact) mass is 798 g/mol. The first kappa shape index (κ1) is 37.3. The molecule has 0 aliphatic heterocycles. The fraction of sp³-hybridized carbons (Fsp3) is 0. The van der Waals surface area contributed by atoms with E-state index in [4.69, 9.17) is 9.40 Å². The van der Waals surface area contributed by atoms with E-state index in [9.17, 15) is 0 Å². The Bertz CT molecular complexity index is 3840. The third-order valence-electron chi connectivity index (χ3n) is 14.0. The van der Waals surface area contributed by atoms with Crippen molar-refractivity contribution in [2.45, 2.75) is 0 Å². The zero-order valence-corrected chi connectivity index (χ0v) is 36.0. The summed E-state index contributed by atoms with van der Waals surface area (Å²) in [6.45, 7) is 0. The maximum absolute atomic E-state index is 6.51. The summed E-state index contributed by atoms with van der Waals surface area (Å²) in [7, 11) is 11.4. The van der Waals surface area contributed by atoms with Crippen molar-refractivity contribution in [2.75, 3.05) is 0 Å². The molecule has 0 bridgehead atoms. The molecule has 0 amide bonds. The minimum absolute atomic E-state index is 0.896. The molecular weight excluding hydrogens is 759 g/mol. The van der Waals surface area contributed by atoms with Crippen LogP contribution < -0.4 is 27.3 Å². The standard InChI is InChI=1S/C55H39B5N2O/c56-50-47(51(57)53(59)54(60)52(50)58)34-25-27-38-41(29-34)48(40-15-9-19-45-49(40)39-14-5-8-18-44(39)63-45)37-13-4-3-12-36(37)46(38)31-20-22-32(23-21-31)55-61-42-16-6-7-17-43(42)62(55)35-26-24-30-10-1-2-11-33(30)28-35/h1-29H,56-60H2. The third kappa shape index (κ3) is 5.71. The number of rotatable bonds is 5. The normalized spacial score (nSPS) is 11.8. The maximum Gasteiger partial charge on any atom is 0.145 e. The largest absolute Gasteiger partial charge is 0.456 e. The van der Waals surface area contributed by atoms with Crippen LogP contribution >= 0.6 is 0 Å². The first-order valence-electron chi connectivity index (χ1n) is 21.9. The smallest absolute Gasteiger partial charge is 0.145 e. The van der Waals surface area contributed by atoms with Crippen molar-refractivity contribution in [3.05, 3.63) is 176 Å². The Morgan fingerprint density at radius 1 is 0.397 bits per heavy atom. The van der Waals surface area contributed by atoms with Crippen LogP contribution in [0.3, 0.4) is 0 Å². The quantitative estimate of drug-likeness (QED) is 0.151. The van der Waals surface area contributed by atoms with E-state index in [1.165, 1.54) is 87.4 Å². The number of hydrogen-bond donors (Lipinski definition) is 0. The summed E-state index contributed by atoms with van der Waals surface area (Å²) in [6, 6.07) is 63.8. The van der Waals surface area contributed by atoms with Crippen LogP contribution in [0.15, 0.2) is 180 Å². The second kappa shape index (κ2) is 14.3. The minimum Gasteiger partial charge on any atom is -0.456 e. The molecule has 0 unspecified atom stereocenters. The van der Waals surface area contributed by atoms with Gasteiger partial charge in [0.15, 0.2) is 0 Å². The Balaban J connectivity index is 1.12. The van der Waals surface area contributed by atoms with Gasteiger partial charge in [-0.3, -0.25) is 4.57 Å². The van der Waals surface area contributed by atoms with Gasteiger partial charge in [0.25, 0.3) is 0 Å². The molecule has 2 heterocycles. The van der Waals surface area contributed by atoms with E-state index >= 15 is 0 Å². The minimum atomic E-state index is 0.896. The summed E-state index contributed by atoms with van der Waals surface area (Å²) in [5, 5.41) is 9.55. The zero-order valence-electron chi connectivity index (χ0n) is 36.0. The summed E-state index contributed by atoms with van der Waals surface area (Å²) < 4.78 is 8.81. The molecule has 0 saturated carbocycles. The van der Waals surface area contributed by atoms with Crippen molar-refractivity contribution >= 4 is 132 Å². The Labute approximate surface area is 370 Å². The lowest BCUT2D eigenvalue weighted by atomic mass is 9.59. The molecule has 10 aromatic carbocycles. The van der Waals surface area contributed by atoms with E-state index in [2.05, 4.69) is 220 Å². The molecule has 0 aliphatic rings. The molecule has 0 fully saturated rings. The molecule has 290 valence electrons. The van der Waals surface area contributed by atoms with Gasteiger partial charge in [-0.1, -0.05) is 144 Å². The number of para-hydroxylation sites is 3. The van der Waals surface area contributed by atoms with Gasteiger partial charge < -0.3 is 4.42 Å². The van der Waals surface area contributed by atoms with Gasteiger partial charge in [-0.25, -0.2) is 4.98 Å². The molecule has 2 aromatic heterocycles. The average molecular weight is 798 g/mol. The SMILES string of the molecule is Bc1c(B)c(B)c(-c2ccc3c(-c4ccc(-c5nc6ccccc6n5-c5ccc6ccccc6c5)cc4)c4ccccc4c(-c4cccc5oc6ccccc6c45)c3c2)c(B)c1B. The molecule has 0 spiro atoms. The number of hydrogen-bond acceptors (Lipinski definition) is 2. The first-order chi connectivity index (χ1) is 30.8. The van der Waals surface area contributed by atoms with Crippen LogP contribution in [0.4, 0.5) is 0 Å². The van der Waals surface area contributed by atoms with E-state index in [0.29, 0.717) is 0 Å². The van der Waals surface area contributed by atoms with Crippen molar-refractivity contribution in [2.24, 2.45) is 0 Å². The maximum atomic E-state index is 6.51. The highest BCUT2D eigenvalue weighted by Crippen LogP contribution is 2.48. The van der Waals surface area contributed by atoms with Gasteiger partial charge in [0, 0.05) is 22.0 Å². The Kier molecular flexibility index (Phi) is 8.49. The molecule has 3 nitrogen and oxygen atoms in total. The lowest BCUT2D eigenvalue weighted by Gasteiger charge is -2.22. The van der Waals surface area contributed by atoms with Gasteiger partial charge in [0.05, 0.1) is 11.0 Å². The zero-order chi connectivity index (χ0) is 42.5. The highest BCUT2D eigenvalue weighted by Gasteiger charge is 2.23. The van der Waals surface area contributed by atoms with Crippen molar-refractivity contribution < 1.29 is 4.42 Å². The van der Waals surface area contributed by atoms with Crippen molar-refractivity contribution in [3.8, 4) is 50.5 Å². The van der Waals surface area contributed by atoms with Crippen LogP contribution in [0.5, 0.6) is 0 Å². The molecule has 12 aromatic rings. The van der Waals surface area contributed by atoms with Gasteiger partial charge in [-0.2, -0.15) is 0 Å². The predicted octanol–water partition coefficient (Wildman–Crippen LogP) is 6.34. The molecule has 0 aliphatic carbocycles. The van der Waals surface area contributed by atoms with Crippen molar-refractivity contribution in [1.29, 1.82) is 0 Å². The Morgan fingerprint density at radius 3 is 1.79 bits per heavy atom. The second-order valence-corrected chi connectivity index (χ2v) is 17.2. The number of furan rings is 1. The highest BCUT2D eigenvalue weighted by atomic mass is 16.3. The fourth-order valence-electron chi connectivity index (χ4n) is 10.4. The lowest BCUT2D eigenvalue weighted by molar-refractivity contribution is 0.669. The molecular formula is C55H39B5N2O. The van der Waals surface area contributed by atoms with Crippen molar-refractivity contribution in [3.63, 3.8) is 0 Å². The first-order valence-corrected chi connectivity index (χ1v) is 21.9. The summed E-state index contributed by atoms with van der Waals surface area (Å²) in [6.07, 6.45) is 0. The molecule has 0 atom stereocenters. The van der Waals surface area contributed by atoms with Crippen LogP contribution in [-0.4, -0.2) is 48.8 Å². The third-order valence-corrected chi connectivity index (χ3v) is 14.0. The number of benzene rings is 10. The molecule has 12 rings (SSSR count). The average Bonchev–Trinajstić information content (AvgIpc) is 3.91. The van der Waals surface area contributed by atoms with Gasteiger partial charge >= 0.3 is 0 Å².